The minimum atomic E-state index is -4.59. The number of ether oxygens (including phenoxy) is 2. The van der Waals surface area contributed by atoms with Gasteiger partial charge in [0.15, 0.2) is 19.4 Å². The number of likely N-dealkylation sites (tertiary alicyclic amines) is 1. The Hall–Kier alpha value is -2.85. The van der Waals surface area contributed by atoms with Crippen molar-refractivity contribution in [3.05, 3.63) is 23.5 Å². The fourth-order valence-electron chi connectivity index (χ4n) is 3.74. The lowest BCUT2D eigenvalue weighted by atomic mass is 9.93. The summed E-state index contributed by atoms with van der Waals surface area (Å²) in [6.07, 6.45) is 0.794. The van der Waals surface area contributed by atoms with E-state index in [4.69, 9.17) is 9.47 Å². The molecule has 11 heteroatoms. The second kappa shape index (κ2) is 8.95. The fraction of sp³-hybridized carbons (Fsp3) is 0.619. The monoisotopic (exact) mass is 458 g/mol. The van der Waals surface area contributed by atoms with Gasteiger partial charge in [-0.25, -0.2) is 9.59 Å². The molecule has 0 aromatic heterocycles. The predicted octanol–water partition coefficient (Wildman–Crippen LogP) is 3.19. The number of fused-ring (bicyclic) bond motifs is 1. The first-order chi connectivity index (χ1) is 14.8. The maximum absolute atomic E-state index is 12.6. The highest BCUT2D eigenvalue weighted by atomic mass is 19.4. The van der Waals surface area contributed by atoms with Crippen LogP contribution in [0.3, 0.4) is 0 Å². The second-order valence-corrected chi connectivity index (χ2v) is 9.00. The first-order valence-electron chi connectivity index (χ1n) is 10.4. The molecule has 1 atom stereocenters. The van der Waals surface area contributed by atoms with Gasteiger partial charge in [-0.05, 0) is 50.9 Å². The van der Waals surface area contributed by atoms with Gasteiger partial charge in [-0.2, -0.15) is 13.2 Å². The summed E-state index contributed by atoms with van der Waals surface area (Å²) in [6, 6.07) is 0. The molecular weight excluding hydrogens is 431 g/mol. The van der Waals surface area contributed by atoms with Crippen LogP contribution in [0.25, 0.3) is 0 Å². The lowest BCUT2D eigenvalue weighted by molar-refractivity contribution is -0.534. The van der Waals surface area contributed by atoms with Crippen molar-refractivity contribution in [3.63, 3.8) is 0 Å². The molecular formula is C21H27F3N3O5+. The van der Waals surface area contributed by atoms with Gasteiger partial charge in [0.1, 0.15) is 23.0 Å². The van der Waals surface area contributed by atoms with Crippen molar-refractivity contribution in [2.24, 2.45) is 16.9 Å². The number of carboxylic acids is 1. The number of piperidine rings is 1. The van der Waals surface area contributed by atoms with E-state index in [-0.39, 0.29) is 23.3 Å². The number of alkyl halides is 3. The number of allylic oxidation sites excluding steroid dienone is 2. The molecule has 0 bridgehead atoms. The summed E-state index contributed by atoms with van der Waals surface area (Å²) < 4.78 is 49.8. The van der Waals surface area contributed by atoms with E-state index in [0.29, 0.717) is 25.3 Å². The molecule has 176 valence electrons. The highest BCUT2D eigenvalue weighted by Gasteiger charge is 2.40. The van der Waals surface area contributed by atoms with Gasteiger partial charge in [0.05, 0.1) is 5.57 Å². The first-order valence-corrected chi connectivity index (χ1v) is 10.4. The Morgan fingerprint density at radius 2 is 1.88 bits per heavy atom. The van der Waals surface area contributed by atoms with Crippen molar-refractivity contribution in [1.82, 2.24) is 4.90 Å². The van der Waals surface area contributed by atoms with E-state index >= 15 is 0 Å². The third-order valence-electron chi connectivity index (χ3n) is 5.19. The van der Waals surface area contributed by atoms with Gasteiger partial charge in [0, 0.05) is 19.0 Å². The third kappa shape index (κ3) is 6.10. The molecule has 2 heterocycles. The van der Waals surface area contributed by atoms with Crippen LogP contribution in [0, 0.1) is 11.8 Å². The highest BCUT2D eigenvalue weighted by Crippen LogP contribution is 2.30. The quantitative estimate of drug-likeness (QED) is 0.639. The van der Waals surface area contributed by atoms with Crippen LogP contribution in [-0.4, -0.2) is 76.7 Å². The van der Waals surface area contributed by atoms with Gasteiger partial charge in [-0.1, -0.05) is 4.68 Å². The van der Waals surface area contributed by atoms with Gasteiger partial charge in [0.25, 0.3) is 0 Å². The number of hydrogen-bond donors (Lipinski definition) is 1. The normalized spacial score (nSPS) is 21.8. The van der Waals surface area contributed by atoms with Gasteiger partial charge in [-0.3, -0.25) is 0 Å². The number of aliphatic carboxylic acids is 1. The molecule has 32 heavy (non-hydrogen) atoms. The zero-order valence-corrected chi connectivity index (χ0v) is 18.2. The van der Waals surface area contributed by atoms with Gasteiger partial charge < -0.3 is 19.5 Å². The van der Waals surface area contributed by atoms with Crippen LogP contribution in [0.1, 0.15) is 33.6 Å². The highest BCUT2D eigenvalue weighted by molar-refractivity contribution is 6.12. The van der Waals surface area contributed by atoms with Crippen molar-refractivity contribution in [1.29, 1.82) is 0 Å². The van der Waals surface area contributed by atoms with Crippen molar-refractivity contribution in [2.45, 2.75) is 45.4 Å². The molecule has 1 saturated heterocycles. The lowest BCUT2D eigenvalue weighted by Crippen LogP contribution is -2.42. The molecule has 0 saturated carbocycles. The average molecular weight is 458 g/mol. The maximum atomic E-state index is 12.6. The molecule has 1 aliphatic carbocycles. The van der Waals surface area contributed by atoms with E-state index in [1.807, 2.05) is 20.8 Å². The van der Waals surface area contributed by atoms with Gasteiger partial charge in [0.2, 0.25) is 0 Å². The summed E-state index contributed by atoms with van der Waals surface area (Å²) in [5.41, 5.74) is -0.452. The molecule has 1 amide bonds. The number of rotatable bonds is 5. The molecule has 1 N–H and O–H groups in total. The Labute approximate surface area is 183 Å². The van der Waals surface area contributed by atoms with Crippen molar-refractivity contribution < 1.29 is 42.0 Å². The summed E-state index contributed by atoms with van der Waals surface area (Å²) in [7, 11) is 0. The third-order valence-corrected chi connectivity index (χ3v) is 5.19. The van der Waals surface area contributed by atoms with Gasteiger partial charge in [-0.15, -0.1) is 0 Å². The molecule has 2 aliphatic heterocycles. The predicted molar refractivity (Wildman–Crippen MR) is 108 cm³/mol. The number of amides is 1. The van der Waals surface area contributed by atoms with Crippen LogP contribution in [0.15, 0.2) is 28.6 Å². The average Bonchev–Trinajstić information content (AvgIpc) is 3.07. The lowest BCUT2D eigenvalue weighted by Gasteiger charge is -2.32. The van der Waals surface area contributed by atoms with Crippen LogP contribution < -0.4 is 0 Å². The van der Waals surface area contributed by atoms with E-state index in [2.05, 4.69) is 5.10 Å². The minimum Gasteiger partial charge on any atom is -0.486 e. The molecule has 0 spiro atoms. The molecule has 1 unspecified atom stereocenters. The SMILES string of the molecule is CC(C)(C)OC(=O)N1CCC(C[N+]2=CC3C(=N2)C=CC(C(=O)O)=C3OCC(F)(F)F)CC1. The van der Waals surface area contributed by atoms with Crippen molar-refractivity contribution >= 4 is 24.0 Å². The number of hydrazone groups is 1. The molecule has 0 aromatic rings. The Morgan fingerprint density at radius 1 is 1.22 bits per heavy atom. The van der Waals surface area contributed by atoms with Crippen LogP contribution in [0.5, 0.6) is 0 Å². The topological polar surface area (TPSA) is 91.4 Å². The van der Waals surface area contributed by atoms with Crippen LogP contribution >= 0.6 is 0 Å². The zero-order chi connectivity index (χ0) is 23.7. The standard InChI is InChI=1S/C21H26F3N3O5/c1-20(2,3)32-19(30)26-8-6-13(7-9-26)10-27-11-15-16(25-27)5-4-14(18(28)29)17(15)31-12-21(22,23)24/h4-5,11,13,15H,6-10,12H2,1-3H3/p+1. The number of hydrogen-bond acceptors (Lipinski definition) is 5. The largest absolute Gasteiger partial charge is 0.486 e. The van der Waals surface area contributed by atoms with E-state index in [1.54, 1.807) is 15.8 Å². The van der Waals surface area contributed by atoms with Crippen LogP contribution in [-0.2, 0) is 14.3 Å². The molecule has 3 aliphatic rings. The Morgan fingerprint density at radius 3 is 2.44 bits per heavy atom. The molecule has 1 fully saturated rings. The van der Waals surface area contributed by atoms with Gasteiger partial charge >= 0.3 is 18.2 Å². The maximum Gasteiger partial charge on any atom is 0.422 e. The summed E-state index contributed by atoms with van der Waals surface area (Å²) in [5, 5.41) is 13.8. The van der Waals surface area contributed by atoms with E-state index in [0.717, 1.165) is 12.8 Å². The molecule has 0 radical (unpaired) electrons. The Balaban J connectivity index is 1.64. The number of carbonyl (C=O) groups excluding carboxylic acids is 1. The summed E-state index contributed by atoms with van der Waals surface area (Å²) in [6.45, 7) is 5.44. The Bertz CT molecular complexity index is 891. The molecule has 8 nitrogen and oxygen atoms in total. The Kier molecular flexibility index (Phi) is 6.66. The number of carboxylic acid groups (broad SMARTS) is 1. The van der Waals surface area contributed by atoms with E-state index in [1.165, 1.54) is 12.2 Å². The second-order valence-electron chi connectivity index (χ2n) is 9.00. The van der Waals surface area contributed by atoms with E-state index < -0.39 is 30.3 Å². The van der Waals surface area contributed by atoms with E-state index in [9.17, 15) is 27.9 Å². The summed E-state index contributed by atoms with van der Waals surface area (Å²) >= 11 is 0. The first kappa shape index (κ1) is 23.8. The summed E-state index contributed by atoms with van der Waals surface area (Å²) in [5.74, 6) is -2.20. The van der Waals surface area contributed by atoms with Crippen molar-refractivity contribution in [3.8, 4) is 0 Å². The molecule has 0 aromatic carbocycles. The summed E-state index contributed by atoms with van der Waals surface area (Å²) in [4.78, 5) is 25.3. The van der Waals surface area contributed by atoms with Crippen LogP contribution in [0.2, 0.25) is 0 Å². The number of carbonyl (C=O) groups is 2. The fourth-order valence-corrected chi connectivity index (χ4v) is 3.74. The minimum absolute atomic E-state index is 0.209. The van der Waals surface area contributed by atoms with Crippen molar-refractivity contribution in [2.75, 3.05) is 26.2 Å². The smallest absolute Gasteiger partial charge is 0.422 e. The number of halogens is 3. The number of nitrogens with zero attached hydrogens (tertiary/aromatic N) is 3. The molecule has 3 rings (SSSR count). The van der Waals surface area contributed by atoms with Crippen LogP contribution in [0.4, 0.5) is 18.0 Å². The zero-order valence-electron chi connectivity index (χ0n) is 18.2.